The van der Waals surface area contributed by atoms with Gasteiger partial charge in [-0.25, -0.2) is 4.79 Å². The second kappa shape index (κ2) is 12.4. The van der Waals surface area contributed by atoms with Gasteiger partial charge in [-0.3, -0.25) is 9.59 Å². The third-order valence-corrected chi connectivity index (χ3v) is 7.39. The van der Waals surface area contributed by atoms with E-state index in [9.17, 15) is 14.4 Å². The Hall–Kier alpha value is -4.15. The van der Waals surface area contributed by atoms with E-state index >= 15 is 0 Å². The molecule has 1 amide bonds. The summed E-state index contributed by atoms with van der Waals surface area (Å²) < 4.78 is 27.7. The number of carbonyl (C=O) groups is 3. The van der Waals surface area contributed by atoms with E-state index in [2.05, 4.69) is 21.9 Å². The Morgan fingerprint density at radius 1 is 1.07 bits per heavy atom. The fraction of sp³-hybridized carbons (Fsp3) is 0.516. The number of amides is 1. The van der Waals surface area contributed by atoms with Crippen molar-refractivity contribution in [2.45, 2.75) is 64.2 Å². The smallest absolute Gasteiger partial charge is 0.332 e. The lowest BCUT2D eigenvalue weighted by Gasteiger charge is -2.25. The Labute approximate surface area is 245 Å². The lowest BCUT2D eigenvalue weighted by atomic mass is 9.94. The summed E-state index contributed by atoms with van der Waals surface area (Å²) in [6.07, 6.45) is 1.90. The molecule has 0 saturated heterocycles. The Balaban J connectivity index is 1.57. The number of benzene rings is 1. The van der Waals surface area contributed by atoms with E-state index in [1.165, 1.54) is 7.11 Å². The van der Waals surface area contributed by atoms with Crippen molar-refractivity contribution in [2.75, 3.05) is 20.8 Å². The summed E-state index contributed by atoms with van der Waals surface area (Å²) in [5.41, 5.74) is -0.571. The molecule has 2 aromatic rings. The molecule has 1 aromatic heterocycles. The largest absolute Gasteiger partial charge is 0.497 e. The normalized spacial score (nSPS) is 24.7. The summed E-state index contributed by atoms with van der Waals surface area (Å²) in [7, 11) is 3.05. The molecule has 11 heteroatoms. The molecule has 2 saturated carbocycles. The molecule has 4 rings (SSSR count). The second-order valence-electron chi connectivity index (χ2n) is 11.5. The molecule has 1 aromatic carbocycles. The first-order valence-electron chi connectivity index (χ1n) is 14.0. The van der Waals surface area contributed by atoms with Gasteiger partial charge in [0.1, 0.15) is 23.0 Å². The molecule has 0 bridgehead atoms. The van der Waals surface area contributed by atoms with E-state index in [0.717, 1.165) is 5.56 Å². The first-order valence-corrected chi connectivity index (χ1v) is 14.0. The van der Waals surface area contributed by atoms with Gasteiger partial charge in [-0.15, -0.1) is 6.58 Å². The number of methoxy groups -OCH3 is 2. The van der Waals surface area contributed by atoms with Crippen LogP contribution >= 0.6 is 0 Å². The number of hydrogen-bond donors (Lipinski definition) is 1. The van der Waals surface area contributed by atoms with Gasteiger partial charge in [-0.05, 0) is 71.2 Å². The summed E-state index contributed by atoms with van der Waals surface area (Å²) in [5.74, 6) is -2.36. The number of aromatic nitrogens is 2. The van der Waals surface area contributed by atoms with Crippen LogP contribution in [0.4, 0.5) is 0 Å². The molecule has 42 heavy (non-hydrogen) atoms. The van der Waals surface area contributed by atoms with Gasteiger partial charge < -0.3 is 29.0 Å². The average molecular weight is 582 g/mol. The monoisotopic (exact) mass is 581 g/mol. The Morgan fingerprint density at radius 2 is 1.76 bits per heavy atom. The maximum absolute atomic E-state index is 13.7. The van der Waals surface area contributed by atoms with Crippen LogP contribution in [0.25, 0.3) is 11.3 Å². The van der Waals surface area contributed by atoms with Crippen molar-refractivity contribution in [1.29, 1.82) is 0 Å². The maximum Gasteiger partial charge on any atom is 0.332 e. The summed E-state index contributed by atoms with van der Waals surface area (Å²) >= 11 is 0. The molecule has 0 aliphatic heterocycles. The third-order valence-electron chi connectivity index (χ3n) is 7.39. The van der Waals surface area contributed by atoms with Crippen molar-refractivity contribution in [3.8, 4) is 28.9 Å². The molecule has 5 atom stereocenters. The van der Waals surface area contributed by atoms with Crippen molar-refractivity contribution in [1.82, 2.24) is 15.3 Å². The highest BCUT2D eigenvalue weighted by Crippen LogP contribution is 2.46. The SMILES string of the molecule is C=CC1CC1(NC(=O)C1CC(Oc2cc(-c3ccc(OC)cc3)nc(OC)n2)CC1C(=O)OC(C)(C)C)C(=O)OCC. The highest BCUT2D eigenvalue weighted by Gasteiger charge is 2.62. The number of carbonyl (C=O) groups excluding carboxylic acids is 3. The van der Waals surface area contributed by atoms with Crippen LogP contribution in [0.15, 0.2) is 43.0 Å². The minimum absolute atomic E-state index is 0.106. The number of hydrogen-bond acceptors (Lipinski definition) is 10. The number of nitrogens with zero attached hydrogens (tertiary/aromatic N) is 2. The van der Waals surface area contributed by atoms with E-state index in [1.807, 2.05) is 24.3 Å². The molecule has 5 unspecified atom stereocenters. The van der Waals surface area contributed by atoms with Crippen LogP contribution in [0.5, 0.6) is 17.6 Å². The van der Waals surface area contributed by atoms with Crippen LogP contribution in [-0.2, 0) is 23.9 Å². The fourth-order valence-corrected chi connectivity index (χ4v) is 5.23. The minimum Gasteiger partial charge on any atom is -0.497 e. The molecule has 2 fully saturated rings. The molecule has 0 radical (unpaired) electrons. The Morgan fingerprint density at radius 3 is 2.33 bits per heavy atom. The number of nitrogens with one attached hydrogen (secondary N) is 1. The fourth-order valence-electron chi connectivity index (χ4n) is 5.23. The molecule has 226 valence electrons. The predicted octanol–water partition coefficient (Wildman–Crippen LogP) is 3.90. The zero-order valence-corrected chi connectivity index (χ0v) is 25.0. The van der Waals surface area contributed by atoms with Gasteiger partial charge in [0.2, 0.25) is 11.8 Å². The Bertz CT molecular complexity index is 1320. The van der Waals surface area contributed by atoms with Gasteiger partial charge in [-0.1, -0.05) is 6.08 Å². The zero-order valence-electron chi connectivity index (χ0n) is 25.0. The number of ether oxygens (including phenoxy) is 5. The third kappa shape index (κ3) is 6.83. The first kappa shape index (κ1) is 30.8. The Kier molecular flexibility index (Phi) is 9.08. The highest BCUT2D eigenvalue weighted by molar-refractivity contribution is 5.94. The van der Waals surface area contributed by atoms with Crippen LogP contribution in [0, 0.1) is 17.8 Å². The van der Waals surface area contributed by atoms with Gasteiger partial charge in [-0.2, -0.15) is 9.97 Å². The number of rotatable bonds is 11. The van der Waals surface area contributed by atoms with Crippen molar-refractivity contribution >= 4 is 17.8 Å². The maximum atomic E-state index is 13.7. The molecule has 1 N–H and O–H groups in total. The quantitative estimate of drug-likeness (QED) is 0.307. The summed E-state index contributed by atoms with van der Waals surface area (Å²) in [4.78, 5) is 48.5. The van der Waals surface area contributed by atoms with Gasteiger partial charge in [0, 0.05) is 17.5 Å². The van der Waals surface area contributed by atoms with E-state index in [4.69, 9.17) is 23.7 Å². The molecule has 1 heterocycles. The number of esters is 2. The van der Waals surface area contributed by atoms with Crippen molar-refractivity contribution in [2.24, 2.45) is 17.8 Å². The first-order chi connectivity index (χ1) is 19.9. The van der Waals surface area contributed by atoms with Crippen LogP contribution in [0.3, 0.4) is 0 Å². The van der Waals surface area contributed by atoms with Gasteiger partial charge in [0.15, 0.2) is 0 Å². The molecule has 2 aliphatic rings. The lowest BCUT2D eigenvalue weighted by molar-refractivity contribution is -0.163. The van der Waals surface area contributed by atoms with Crippen molar-refractivity contribution < 1.29 is 38.1 Å². The topological polar surface area (TPSA) is 135 Å². The molecular weight excluding hydrogens is 542 g/mol. The minimum atomic E-state index is -1.18. The lowest BCUT2D eigenvalue weighted by Crippen LogP contribution is -2.49. The van der Waals surface area contributed by atoms with Crippen LogP contribution in [0.2, 0.25) is 0 Å². The van der Waals surface area contributed by atoms with Crippen molar-refractivity contribution in [3.05, 3.63) is 43.0 Å². The van der Waals surface area contributed by atoms with Gasteiger partial charge in [0.25, 0.3) is 0 Å². The predicted molar refractivity (Wildman–Crippen MR) is 153 cm³/mol. The van der Waals surface area contributed by atoms with E-state index in [-0.39, 0.29) is 37.3 Å². The van der Waals surface area contributed by atoms with E-state index in [0.29, 0.717) is 17.9 Å². The molecule has 0 spiro atoms. The zero-order chi connectivity index (χ0) is 30.7. The van der Waals surface area contributed by atoms with Crippen LogP contribution in [0.1, 0.15) is 47.0 Å². The van der Waals surface area contributed by atoms with Crippen LogP contribution in [-0.4, -0.2) is 65.9 Å². The summed E-state index contributed by atoms with van der Waals surface area (Å²) in [5, 5.41) is 2.88. The second-order valence-corrected chi connectivity index (χ2v) is 11.5. The average Bonchev–Trinajstić information content (AvgIpc) is 3.51. The van der Waals surface area contributed by atoms with E-state index in [1.54, 1.807) is 46.9 Å². The summed E-state index contributed by atoms with van der Waals surface area (Å²) in [6, 6.07) is 9.12. The van der Waals surface area contributed by atoms with Crippen LogP contribution < -0.4 is 19.5 Å². The summed E-state index contributed by atoms with van der Waals surface area (Å²) in [6.45, 7) is 11.0. The molecule has 2 aliphatic carbocycles. The van der Waals surface area contributed by atoms with Gasteiger partial charge >= 0.3 is 17.9 Å². The van der Waals surface area contributed by atoms with Gasteiger partial charge in [0.05, 0.1) is 38.4 Å². The van der Waals surface area contributed by atoms with Crippen molar-refractivity contribution in [3.63, 3.8) is 0 Å². The standard InChI is InChI=1S/C31H39N3O8/c1-8-19-17-31(19,28(37)40-9-2)34-26(35)22-14-21(15-23(22)27(36)42-30(3,4)5)41-25-16-24(32-29(33-25)39-7)18-10-12-20(38-6)13-11-18/h8,10-13,16,19,21-23H,1,9,14-15,17H2,2-7H3,(H,34,35). The highest BCUT2D eigenvalue weighted by atomic mass is 16.6. The molecule has 11 nitrogen and oxygen atoms in total. The molecular formula is C31H39N3O8. The van der Waals surface area contributed by atoms with E-state index < -0.39 is 46.9 Å².